The Bertz CT molecular complexity index is 155. The first-order valence-corrected chi connectivity index (χ1v) is 3.38. The van der Waals surface area contributed by atoms with Gasteiger partial charge in [0.25, 0.3) is 0 Å². The maximum Gasteiger partial charge on any atom is 0.135 e. The molecule has 50 valence electrons. The van der Waals surface area contributed by atoms with E-state index in [1.165, 1.54) is 0 Å². The number of Topliss-reactive ketones (excluding diaryl/α,β-unsaturated/α-hetero) is 1. The molecular weight excluding hydrogens is 134 g/mol. The Morgan fingerprint density at radius 1 is 1.89 bits per heavy atom. The van der Waals surface area contributed by atoms with Gasteiger partial charge in [0.15, 0.2) is 0 Å². The monoisotopic (exact) mass is 143 g/mol. The second-order valence-electron chi connectivity index (χ2n) is 2.32. The van der Waals surface area contributed by atoms with Gasteiger partial charge in [0.2, 0.25) is 0 Å². The molecule has 0 aromatic rings. The van der Waals surface area contributed by atoms with Gasteiger partial charge in [-0.15, -0.1) is 0 Å². The van der Waals surface area contributed by atoms with Crippen LogP contribution in [0, 0.1) is 5.92 Å². The summed E-state index contributed by atoms with van der Waals surface area (Å²) in [5.41, 5.74) is 0. The van der Waals surface area contributed by atoms with Gasteiger partial charge in [0.1, 0.15) is 5.78 Å². The van der Waals surface area contributed by atoms with Crippen molar-refractivity contribution in [2.45, 2.75) is 13.3 Å². The quantitative estimate of drug-likeness (QED) is 0.542. The van der Waals surface area contributed by atoms with Crippen molar-refractivity contribution in [3.8, 4) is 0 Å². The van der Waals surface area contributed by atoms with Gasteiger partial charge >= 0.3 is 0 Å². The maximum atomic E-state index is 10.7. The van der Waals surface area contributed by atoms with Crippen molar-refractivity contribution in [3.63, 3.8) is 0 Å². The Balaban J connectivity index is 2.48. The number of nitrogens with one attached hydrogen (secondary N) is 1. The predicted octanol–water partition coefficient (Wildman–Crippen LogP) is 0.512. The lowest BCUT2D eigenvalue weighted by atomic mass is 10.1. The van der Waals surface area contributed by atoms with Crippen LogP contribution >= 0.6 is 12.2 Å². The molecule has 0 spiro atoms. The molecule has 2 nitrogen and oxygen atoms in total. The minimum absolute atomic E-state index is 0.150. The summed E-state index contributed by atoms with van der Waals surface area (Å²) in [5, 5.41) is 2.96. The van der Waals surface area contributed by atoms with Crippen LogP contribution in [0.1, 0.15) is 13.3 Å². The Labute approximate surface area is 59.6 Å². The van der Waals surface area contributed by atoms with Crippen LogP contribution in [-0.2, 0) is 4.79 Å². The summed E-state index contributed by atoms with van der Waals surface area (Å²) in [7, 11) is 0. The third-order valence-corrected chi connectivity index (χ3v) is 1.86. The van der Waals surface area contributed by atoms with Crippen LogP contribution in [0.2, 0.25) is 0 Å². The fourth-order valence-corrected chi connectivity index (χ4v) is 1.18. The standard InChI is InChI=1S/C6H9NOS/c1-4(8)5-2-6(9)7-3-5/h5H,2-3H2,1H3,(H,7,9). The lowest BCUT2D eigenvalue weighted by molar-refractivity contribution is -0.120. The first-order valence-electron chi connectivity index (χ1n) is 2.97. The highest BCUT2D eigenvalue weighted by molar-refractivity contribution is 7.80. The highest BCUT2D eigenvalue weighted by atomic mass is 32.1. The average molecular weight is 143 g/mol. The zero-order valence-electron chi connectivity index (χ0n) is 5.31. The molecule has 0 radical (unpaired) electrons. The Kier molecular flexibility index (Phi) is 1.81. The molecule has 0 saturated carbocycles. The van der Waals surface area contributed by atoms with E-state index in [1.54, 1.807) is 6.92 Å². The third-order valence-electron chi connectivity index (χ3n) is 1.55. The van der Waals surface area contributed by atoms with Crippen LogP contribution in [-0.4, -0.2) is 17.3 Å². The molecule has 1 aliphatic rings. The van der Waals surface area contributed by atoms with E-state index in [1.807, 2.05) is 0 Å². The molecule has 1 atom stereocenters. The van der Waals surface area contributed by atoms with Gasteiger partial charge in [-0.25, -0.2) is 0 Å². The molecule has 9 heavy (non-hydrogen) atoms. The molecule has 1 saturated heterocycles. The van der Waals surface area contributed by atoms with Gasteiger partial charge in [0.05, 0.1) is 4.99 Å². The molecule has 1 rings (SSSR count). The summed E-state index contributed by atoms with van der Waals surface area (Å²) < 4.78 is 0. The molecule has 1 N–H and O–H groups in total. The minimum Gasteiger partial charge on any atom is -0.379 e. The number of hydrogen-bond donors (Lipinski definition) is 1. The Morgan fingerprint density at radius 3 is 2.78 bits per heavy atom. The smallest absolute Gasteiger partial charge is 0.135 e. The van der Waals surface area contributed by atoms with Crippen molar-refractivity contribution in [1.29, 1.82) is 0 Å². The predicted molar refractivity (Wildman–Crippen MR) is 39.4 cm³/mol. The summed E-state index contributed by atoms with van der Waals surface area (Å²) >= 11 is 4.85. The molecular formula is C6H9NOS. The van der Waals surface area contributed by atoms with Gasteiger partial charge in [0, 0.05) is 18.9 Å². The normalized spacial score (nSPS) is 25.9. The van der Waals surface area contributed by atoms with Gasteiger partial charge in [-0.1, -0.05) is 12.2 Å². The molecule has 0 amide bonds. The van der Waals surface area contributed by atoms with Gasteiger partial charge < -0.3 is 5.32 Å². The first kappa shape index (κ1) is 6.68. The van der Waals surface area contributed by atoms with E-state index in [0.29, 0.717) is 0 Å². The number of carbonyl (C=O) groups is 1. The SMILES string of the molecule is CC(=O)C1CNC(=S)C1. The Morgan fingerprint density at radius 2 is 2.56 bits per heavy atom. The summed E-state index contributed by atoms with van der Waals surface area (Å²) in [6.45, 7) is 2.36. The van der Waals surface area contributed by atoms with E-state index >= 15 is 0 Å². The number of carbonyl (C=O) groups excluding carboxylic acids is 1. The minimum atomic E-state index is 0.150. The van der Waals surface area contributed by atoms with Crippen molar-refractivity contribution in [2.75, 3.05) is 6.54 Å². The van der Waals surface area contributed by atoms with Crippen molar-refractivity contribution in [3.05, 3.63) is 0 Å². The van der Waals surface area contributed by atoms with Crippen LogP contribution in [0.5, 0.6) is 0 Å². The van der Waals surface area contributed by atoms with Gasteiger partial charge in [-0.2, -0.15) is 0 Å². The molecule has 1 fully saturated rings. The van der Waals surface area contributed by atoms with Crippen molar-refractivity contribution >= 4 is 23.0 Å². The number of ketones is 1. The number of hydrogen-bond acceptors (Lipinski definition) is 2. The molecule has 0 bridgehead atoms. The van der Waals surface area contributed by atoms with Crippen LogP contribution in [0.4, 0.5) is 0 Å². The van der Waals surface area contributed by atoms with Crippen molar-refractivity contribution in [2.24, 2.45) is 5.92 Å². The van der Waals surface area contributed by atoms with Crippen LogP contribution < -0.4 is 5.32 Å². The fraction of sp³-hybridized carbons (Fsp3) is 0.667. The van der Waals surface area contributed by atoms with E-state index in [0.717, 1.165) is 18.0 Å². The van der Waals surface area contributed by atoms with E-state index in [4.69, 9.17) is 12.2 Å². The molecule has 1 aliphatic heterocycles. The van der Waals surface area contributed by atoms with E-state index in [-0.39, 0.29) is 11.7 Å². The van der Waals surface area contributed by atoms with E-state index in [2.05, 4.69) is 5.32 Å². The topological polar surface area (TPSA) is 29.1 Å². The lowest BCUT2D eigenvalue weighted by Crippen LogP contribution is -2.15. The molecule has 1 heterocycles. The first-order chi connectivity index (χ1) is 4.20. The summed E-state index contributed by atoms with van der Waals surface area (Å²) in [6.07, 6.45) is 0.755. The van der Waals surface area contributed by atoms with Crippen molar-refractivity contribution < 1.29 is 4.79 Å². The largest absolute Gasteiger partial charge is 0.379 e. The van der Waals surface area contributed by atoms with Crippen LogP contribution in [0.25, 0.3) is 0 Å². The lowest BCUT2D eigenvalue weighted by Gasteiger charge is -1.97. The summed E-state index contributed by atoms with van der Waals surface area (Å²) in [6, 6.07) is 0. The zero-order valence-corrected chi connectivity index (χ0v) is 6.12. The van der Waals surface area contributed by atoms with Gasteiger partial charge in [-0.3, -0.25) is 4.79 Å². The third kappa shape index (κ3) is 1.48. The highest BCUT2D eigenvalue weighted by Gasteiger charge is 2.21. The molecule has 1 unspecified atom stereocenters. The van der Waals surface area contributed by atoms with E-state index in [9.17, 15) is 4.79 Å². The molecule has 3 heteroatoms. The second kappa shape index (κ2) is 2.43. The summed E-state index contributed by atoms with van der Waals surface area (Å²) in [5.74, 6) is 0.389. The second-order valence-corrected chi connectivity index (χ2v) is 2.81. The highest BCUT2D eigenvalue weighted by Crippen LogP contribution is 2.10. The summed E-state index contributed by atoms with van der Waals surface area (Å²) in [4.78, 5) is 11.5. The molecule has 0 aromatic heterocycles. The molecule has 0 aromatic carbocycles. The van der Waals surface area contributed by atoms with Crippen LogP contribution in [0.3, 0.4) is 0 Å². The van der Waals surface area contributed by atoms with E-state index < -0.39 is 0 Å². The fourth-order valence-electron chi connectivity index (χ4n) is 0.893. The zero-order chi connectivity index (χ0) is 6.85. The van der Waals surface area contributed by atoms with Crippen LogP contribution in [0.15, 0.2) is 0 Å². The maximum absolute atomic E-state index is 10.7. The Hall–Kier alpha value is -0.440. The average Bonchev–Trinajstić information content (AvgIpc) is 2.14. The molecule has 0 aliphatic carbocycles. The number of rotatable bonds is 1. The van der Waals surface area contributed by atoms with Gasteiger partial charge in [-0.05, 0) is 6.92 Å². The van der Waals surface area contributed by atoms with Crippen molar-refractivity contribution in [1.82, 2.24) is 5.32 Å². The number of thiocarbonyl (C=S) groups is 1.